The number of anilines is 2. The number of ether oxygens (including phenoxy) is 1. The molecular weight excluding hydrogens is 221 g/mol. The molecule has 0 aliphatic carbocycles. The van der Waals surface area contributed by atoms with Gasteiger partial charge in [0, 0.05) is 23.4 Å². The van der Waals surface area contributed by atoms with Gasteiger partial charge >= 0.3 is 0 Å². The second kappa shape index (κ2) is 4.29. The van der Waals surface area contributed by atoms with E-state index in [1.54, 1.807) is 12.1 Å². The quantitative estimate of drug-likeness (QED) is 0.832. The van der Waals surface area contributed by atoms with Crippen molar-refractivity contribution in [2.24, 2.45) is 0 Å². The molecule has 0 fully saturated rings. The molecule has 0 atom stereocenters. The Morgan fingerprint density at radius 2 is 1.94 bits per heavy atom. The molecule has 1 aromatic carbocycles. The number of nitrogens with two attached hydrogens (primary N) is 2. The molecule has 5 heteroatoms. The van der Waals surface area contributed by atoms with E-state index in [4.69, 9.17) is 16.2 Å². The summed E-state index contributed by atoms with van der Waals surface area (Å²) in [6.45, 7) is 0. The molecular formula is C12H12FN3O. The highest BCUT2D eigenvalue weighted by Gasteiger charge is 2.11. The molecule has 2 rings (SSSR count). The monoisotopic (exact) mass is 233 g/mol. The number of aromatic nitrogens is 1. The van der Waals surface area contributed by atoms with Crippen LogP contribution in [0.2, 0.25) is 0 Å². The third-order valence-corrected chi connectivity index (χ3v) is 2.48. The Bertz CT molecular complexity index is 557. The van der Waals surface area contributed by atoms with Crippen molar-refractivity contribution in [1.82, 2.24) is 4.98 Å². The predicted molar refractivity (Wildman–Crippen MR) is 65.0 cm³/mol. The Labute approximate surface area is 98.0 Å². The zero-order valence-corrected chi connectivity index (χ0v) is 9.27. The third kappa shape index (κ3) is 1.99. The van der Waals surface area contributed by atoms with Gasteiger partial charge in [0.15, 0.2) is 0 Å². The van der Waals surface area contributed by atoms with Crippen molar-refractivity contribution in [3.63, 3.8) is 0 Å². The van der Waals surface area contributed by atoms with Crippen LogP contribution in [0.15, 0.2) is 30.6 Å². The van der Waals surface area contributed by atoms with Gasteiger partial charge in [0.2, 0.25) is 0 Å². The number of benzene rings is 1. The van der Waals surface area contributed by atoms with E-state index >= 15 is 0 Å². The second-order valence-corrected chi connectivity index (χ2v) is 3.54. The lowest BCUT2D eigenvalue weighted by Crippen LogP contribution is -1.99. The van der Waals surface area contributed by atoms with E-state index in [1.807, 2.05) is 0 Å². The van der Waals surface area contributed by atoms with E-state index in [1.165, 1.54) is 25.6 Å². The Kier molecular flexibility index (Phi) is 2.82. The smallest absolute Gasteiger partial charge is 0.134 e. The molecule has 0 aliphatic rings. The van der Waals surface area contributed by atoms with Crippen molar-refractivity contribution < 1.29 is 9.13 Å². The van der Waals surface area contributed by atoms with Crippen molar-refractivity contribution in [3.05, 3.63) is 36.4 Å². The zero-order valence-electron chi connectivity index (χ0n) is 9.27. The number of hydrogen-bond donors (Lipinski definition) is 2. The maximum atomic E-state index is 13.8. The lowest BCUT2D eigenvalue weighted by atomic mass is 10.0. The number of pyridine rings is 1. The second-order valence-electron chi connectivity index (χ2n) is 3.54. The van der Waals surface area contributed by atoms with Gasteiger partial charge < -0.3 is 16.2 Å². The van der Waals surface area contributed by atoms with E-state index in [9.17, 15) is 4.39 Å². The summed E-state index contributed by atoms with van der Waals surface area (Å²) in [6, 6.07) is 4.53. The van der Waals surface area contributed by atoms with E-state index in [-0.39, 0.29) is 0 Å². The standard InChI is InChI=1S/C12H12FN3O/c1-17-7-2-3-8(10(13)4-7)9-5-16-6-11(14)12(9)15/h2-6H,14H2,1H3,(H2,15,16). The van der Waals surface area contributed by atoms with Crippen molar-refractivity contribution in [2.45, 2.75) is 0 Å². The fraction of sp³-hybridized carbons (Fsp3) is 0.0833. The highest BCUT2D eigenvalue weighted by Crippen LogP contribution is 2.32. The first-order valence-electron chi connectivity index (χ1n) is 4.96. The predicted octanol–water partition coefficient (Wildman–Crippen LogP) is 2.06. The fourth-order valence-electron chi connectivity index (χ4n) is 1.54. The van der Waals surface area contributed by atoms with Gasteiger partial charge in [0.1, 0.15) is 11.6 Å². The lowest BCUT2D eigenvalue weighted by Gasteiger charge is -2.09. The molecule has 0 unspecified atom stereocenters. The number of nitrogens with zero attached hydrogens (tertiary/aromatic N) is 1. The van der Waals surface area contributed by atoms with Crippen molar-refractivity contribution in [3.8, 4) is 16.9 Å². The topological polar surface area (TPSA) is 74.2 Å². The molecule has 1 heterocycles. The average molecular weight is 233 g/mol. The van der Waals surface area contributed by atoms with Gasteiger partial charge in [0.05, 0.1) is 24.7 Å². The largest absolute Gasteiger partial charge is 0.497 e. The maximum absolute atomic E-state index is 13.8. The summed E-state index contributed by atoms with van der Waals surface area (Å²) in [6.07, 6.45) is 2.91. The minimum Gasteiger partial charge on any atom is -0.497 e. The summed E-state index contributed by atoms with van der Waals surface area (Å²) in [5.41, 5.74) is 12.9. The van der Waals surface area contributed by atoms with Crippen LogP contribution in [0.4, 0.5) is 15.8 Å². The fourth-order valence-corrected chi connectivity index (χ4v) is 1.54. The van der Waals surface area contributed by atoms with Gasteiger partial charge in [-0.25, -0.2) is 4.39 Å². The van der Waals surface area contributed by atoms with Crippen LogP contribution in [0.3, 0.4) is 0 Å². The van der Waals surface area contributed by atoms with Gasteiger partial charge in [-0.15, -0.1) is 0 Å². The molecule has 4 nitrogen and oxygen atoms in total. The first-order chi connectivity index (χ1) is 8.13. The van der Waals surface area contributed by atoms with Crippen LogP contribution >= 0.6 is 0 Å². The third-order valence-electron chi connectivity index (χ3n) is 2.48. The number of nitrogen functional groups attached to an aromatic ring is 2. The van der Waals surface area contributed by atoms with Crippen LogP contribution in [0.5, 0.6) is 5.75 Å². The minimum absolute atomic E-state index is 0.323. The van der Waals surface area contributed by atoms with Gasteiger partial charge in [-0.05, 0) is 12.1 Å². The minimum atomic E-state index is -0.427. The molecule has 0 aliphatic heterocycles. The molecule has 2 aromatic rings. The van der Waals surface area contributed by atoms with E-state index < -0.39 is 5.82 Å². The SMILES string of the molecule is COc1ccc(-c2cncc(N)c2N)c(F)c1. The van der Waals surface area contributed by atoms with E-state index in [0.29, 0.717) is 28.3 Å². The van der Waals surface area contributed by atoms with Crippen LogP contribution in [-0.2, 0) is 0 Å². The van der Waals surface area contributed by atoms with Gasteiger partial charge in [-0.3, -0.25) is 4.98 Å². The molecule has 0 spiro atoms. The lowest BCUT2D eigenvalue weighted by molar-refractivity contribution is 0.411. The first kappa shape index (κ1) is 11.2. The Morgan fingerprint density at radius 3 is 2.59 bits per heavy atom. The van der Waals surface area contributed by atoms with Crippen molar-refractivity contribution in [2.75, 3.05) is 18.6 Å². The van der Waals surface area contributed by atoms with E-state index in [2.05, 4.69) is 4.98 Å². The average Bonchev–Trinajstić information content (AvgIpc) is 2.33. The van der Waals surface area contributed by atoms with Gasteiger partial charge in [-0.2, -0.15) is 0 Å². The Morgan fingerprint density at radius 1 is 1.18 bits per heavy atom. The normalized spacial score (nSPS) is 10.2. The summed E-state index contributed by atoms with van der Waals surface area (Å²) in [5, 5.41) is 0. The van der Waals surface area contributed by atoms with Crippen LogP contribution in [0.1, 0.15) is 0 Å². The molecule has 0 saturated heterocycles. The zero-order chi connectivity index (χ0) is 12.4. The first-order valence-corrected chi connectivity index (χ1v) is 4.96. The Hall–Kier alpha value is -2.30. The van der Waals surface area contributed by atoms with Crippen molar-refractivity contribution in [1.29, 1.82) is 0 Å². The molecule has 0 bridgehead atoms. The van der Waals surface area contributed by atoms with Crippen LogP contribution in [0.25, 0.3) is 11.1 Å². The maximum Gasteiger partial charge on any atom is 0.134 e. The summed E-state index contributed by atoms with van der Waals surface area (Å²) in [5.74, 6) is 0.0186. The van der Waals surface area contributed by atoms with Gasteiger partial charge in [0.25, 0.3) is 0 Å². The number of methoxy groups -OCH3 is 1. The van der Waals surface area contributed by atoms with Crippen LogP contribution in [-0.4, -0.2) is 12.1 Å². The molecule has 4 N–H and O–H groups in total. The number of halogens is 1. The molecule has 88 valence electrons. The summed E-state index contributed by atoms with van der Waals surface area (Å²) in [4.78, 5) is 3.90. The van der Waals surface area contributed by atoms with Crippen LogP contribution < -0.4 is 16.2 Å². The molecule has 0 radical (unpaired) electrons. The molecule has 0 saturated carbocycles. The highest BCUT2D eigenvalue weighted by molar-refractivity contribution is 5.83. The molecule has 0 amide bonds. The summed E-state index contributed by atoms with van der Waals surface area (Å²) >= 11 is 0. The number of rotatable bonds is 2. The van der Waals surface area contributed by atoms with E-state index in [0.717, 1.165) is 0 Å². The van der Waals surface area contributed by atoms with Gasteiger partial charge in [-0.1, -0.05) is 0 Å². The summed E-state index contributed by atoms with van der Waals surface area (Å²) < 4.78 is 18.8. The Balaban J connectivity index is 2.57. The van der Waals surface area contributed by atoms with Crippen molar-refractivity contribution >= 4 is 11.4 Å². The summed E-state index contributed by atoms with van der Waals surface area (Å²) in [7, 11) is 1.48. The molecule has 1 aromatic heterocycles. The highest BCUT2D eigenvalue weighted by atomic mass is 19.1. The molecule has 17 heavy (non-hydrogen) atoms. The van der Waals surface area contributed by atoms with Crippen LogP contribution in [0, 0.1) is 5.82 Å². The number of hydrogen-bond acceptors (Lipinski definition) is 4.